The molecule has 7 nitrogen and oxygen atoms in total. The van der Waals surface area contributed by atoms with Crippen LogP contribution in [-0.4, -0.2) is 51.3 Å². The van der Waals surface area contributed by atoms with Gasteiger partial charge in [-0.2, -0.15) is 0 Å². The van der Waals surface area contributed by atoms with Gasteiger partial charge in [0.05, 0.1) is 11.6 Å². The average molecular weight is 415 g/mol. The van der Waals surface area contributed by atoms with Crippen molar-refractivity contribution in [3.05, 3.63) is 78.6 Å². The second-order valence-electron chi connectivity index (χ2n) is 7.82. The van der Waals surface area contributed by atoms with Crippen LogP contribution in [0.15, 0.2) is 67.4 Å². The molecule has 31 heavy (non-hydrogen) atoms. The zero-order chi connectivity index (χ0) is 21.7. The zero-order valence-corrected chi connectivity index (χ0v) is 17.5. The number of pyridine rings is 1. The van der Waals surface area contributed by atoms with Crippen LogP contribution in [0.2, 0.25) is 0 Å². The standard InChI is InChI=1S/C24H25N5O2/c1-2-27-23(31)24(9-13-29(17-24)22(30)21-16-26-11-12-28-21)14-18-5-7-19(8-6-18)20-4-3-10-25-15-20/h3-8,10-12,15-16H,2,9,13-14,17H2,1H3,(H,27,31)/t24-/m0/s1. The van der Waals surface area contributed by atoms with Gasteiger partial charge in [-0.25, -0.2) is 4.98 Å². The number of benzene rings is 1. The molecule has 1 saturated heterocycles. The van der Waals surface area contributed by atoms with Gasteiger partial charge in [0, 0.05) is 44.4 Å². The summed E-state index contributed by atoms with van der Waals surface area (Å²) in [7, 11) is 0. The lowest BCUT2D eigenvalue weighted by molar-refractivity contribution is -0.130. The predicted molar refractivity (Wildman–Crippen MR) is 117 cm³/mol. The minimum Gasteiger partial charge on any atom is -0.356 e. The van der Waals surface area contributed by atoms with Crippen LogP contribution in [0.5, 0.6) is 0 Å². The van der Waals surface area contributed by atoms with Crippen LogP contribution in [0.4, 0.5) is 0 Å². The largest absolute Gasteiger partial charge is 0.356 e. The van der Waals surface area contributed by atoms with Crippen LogP contribution >= 0.6 is 0 Å². The molecule has 1 atom stereocenters. The second-order valence-corrected chi connectivity index (χ2v) is 7.82. The number of aromatic nitrogens is 3. The Hall–Kier alpha value is -3.61. The molecule has 158 valence electrons. The van der Waals surface area contributed by atoms with Crippen molar-refractivity contribution >= 4 is 11.8 Å². The fourth-order valence-electron chi connectivity index (χ4n) is 4.11. The molecule has 2 amide bonds. The first-order valence-electron chi connectivity index (χ1n) is 10.4. The molecule has 1 aromatic carbocycles. The molecule has 3 aromatic rings. The lowest BCUT2D eigenvalue weighted by atomic mass is 9.79. The van der Waals surface area contributed by atoms with E-state index in [0.717, 1.165) is 16.7 Å². The van der Waals surface area contributed by atoms with Crippen molar-refractivity contribution in [1.29, 1.82) is 0 Å². The van der Waals surface area contributed by atoms with Crippen LogP contribution in [0.25, 0.3) is 11.1 Å². The first-order chi connectivity index (χ1) is 15.1. The van der Waals surface area contributed by atoms with Gasteiger partial charge in [0.2, 0.25) is 5.91 Å². The molecule has 1 aliphatic heterocycles. The molecule has 0 spiro atoms. The number of nitrogens with zero attached hydrogens (tertiary/aromatic N) is 4. The van der Waals surface area contributed by atoms with Crippen LogP contribution in [0.1, 0.15) is 29.4 Å². The Morgan fingerprint density at radius 2 is 1.84 bits per heavy atom. The van der Waals surface area contributed by atoms with E-state index in [1.54, 1.807) is 11.1 Å². The normalized spacial score (nSPS) is 18.0. The highest BCUT2D eigenvalue weighted by Crippen LogP contribution is 2.36. The number of amides is 2. The lowest BCUT2D eigenvalue weighted by Gasteiger charge is -2.28. The molecule has 2 aromatic heterocycles. The first kappa shape index (κ1) is 20.7. The van der Waals surface area contributed by atoms with Gasteiger partial charge in [-0.15, -0.1) is 0 Å². The van der Waals surface area contributed by atoms with E-state index in [4.69, 9.17) is 0 Å². The zero-order valence-electron chi connectivity index (χ0n) is 17.5. The first-order valence-corrected chi connectivity index (χ1v) is 10.4. The number of carbonyl (C=O) groups excluding carboxylic acids is 2. The number of hydrogen-bond donors (Lipinski definition) is 1. The van der Waals surface area contributed by atoms with Crippen molar-refractivity contribution < 1.29 is 9.59 Å². The SMILES string of the molecule is CCNC(=O)[C@]1(Cc2ccc(-c3cccnc3)cc2)CCN(C(=O)c2cnccn2)C1. The van der Waals surface area contributed by atoms with E-state index < -0.39 is 5.41 Å². The topological polar surface area (TPSA) is 88.1 Å². The molecule has 0 aliphatic carbocycles. The Bertz CT molecular complexity index is 1040. The highest BCUT2D eigenvalue weighted by molar-refractivity contribution is 5.93. The monoisotopic (exact) mass is 415 g/mol. The Morgan fingerprint density at radius 1 is 1.03 bits per heavy atom. The Kier molecular flexibility index (Phi) is 6.02. The van der Waals surface area contributed by atoms with Gasteiger partial charge in [-0.1, -0.05) is 30.3 Å². The van der Waals surface area contributed by atoms with E-state index in [1.807, 2.05) is 25.3 Å². The Balaban J connectivity index is 1.55. The molecule has 0 saturated carbocycles. The number of likely N-dealkylation sites (tertiary alicyclic amines) is 1. The van der Waals surface area contributed by atoms with Gasteiger partial charge in [-0.05, 0) is 42.5 Å². The highest BCUT2D eigenvalue weighted by Gasteiger charge is 2.46. The summed E-state index contributed by atoms with van der Waals surface area (Å²) in [6.07, 6.45) is 9.26. The molecule has 0 radical (unpaired) electrons. The second kappa shape index (κ2) is 9.04. The number of nitrogens with one attached hydrogen (secondary N) is 1. The van der Waals surface area contributed by atoms with Crippen LogP contribution in [0, 0.1) is 5.41 Å². The minimum absolute atomic E-state index is 0.0132. The number of carbonyl (C=O) groups is 2. The van der Waals surface area contributed by atoms with Crippen molar-refractivity contribution in [2.75, 3.05) is 19.6 Å². The van der Waals surface area contributed by atoms with Crippen LogP contribution in [0.3, 0.4) is 0 Å². The lowest BCUT2D eigenvalue weighted by Crippen LogP contribution is -2.45. The van der Waals surface area contributed by atoms with E-state index in [-0.39, 0.29) is 11.8 Å². The molecule has 1 fully saturated rings. The number of rotatable bonds is 6. The molecule has 7 heteroatoms. The van der Waals surface area contributed by atoms with Crippen molar-refractivity contribution in [1.82, 2.24) is 25.2 Å². The van der Waals surface area contributed by atoms with E-state index >= 15 is 0 Å². The molecular formula is C24H25N5O2. The van der Waals surface area contributed by atoms with Gasteiger partial charge >= 0.3 is 0 Å². The van der Waals surface area contributed by atoms with Gasteiger partial charge in [0.15, 0.2) is 0 Å². The molecule has 0 bridgehead atoms. The maximum absolute atomic E-state index is 13.1. The van der Waals surface area contributed by atoms with E-state index in [0.29, 0.717) is 38.2 Å². The van der Waals surface area contributed by atoms with E-state index in [9.17, 15) is 9.59 Å². The summed E-state index contributed by atoms with van der Waals surface area (Å²) in [6, 6.07) is 12.1. The fourth-order valence-corrected chi connectivity index (χ4v) is 4.11. The third-order valence-corrected chi connectivity index (χ3v) is 5.73. The van der Waals surface area contributed by atoms with Gasteiger partial charge in [0.25, 0.3) is 5.91 Å². The molecule has 3 heterocycles. The molecule has 1 aliphatic rings. The Morgan fingerprint density at radius 3 is 2.52 bits per heavy atom. The van der Waals surface area contributed by atoms with Crippen molar-refractivity contribution in [3.8, 4) is 11.1 Å². The maximum Gasteiger partial charge on any atom is 0.274 e. The fraction of sp³-hybridized carbons (Fsp3) is 0.292. The van der Waals surface area contributed by atoms with Crippen molar-refractivity contribution in [3.63, 3.8) is 0 Å². The van der Waals surface area contributed by atoms with E-state index in [2.05, 4.69) is 44.5 Å². The van der Waals surface area contributed by atoms with E-state index in [1.165, 1.54) is 18.6 Å². The van der Waals surface area contributed by atoms with Crippen molar-refractivity contribution in [2.24, 2.45) is 5.41 Å². The Labute approximate surface area is 181 Å². The van der Waals surface area contributed by atoms with Crippen LogP contribution in [-0.2, 0) is 11.2 Å². The summed E-state index contributed by atoms with van der Waals surface area (Å²) in [5, 5.41) is 2.97. The third-order valence-electron chi connectivity index (χ3n) is 5.73. The molecular weight excluding hydrogens is 390 g/mol. The summed E-state index contributed by atoms with van der Waals surface area (Å²) in [4.78, 5) is 39.9. The van der Waals surface area contributed by atoms with Gasteiger partial charge in [0.1, 0.15) is 5.69 Å². The summed E-state index contributed by atoms with van der Waals surface area (Å²) < 4.78 is 0. The predicted octanol–water partition coefficient (Wildman–Crippen LogP) is 2.75. The van der Waals surface area contributed by atoms with Crippen LogP contribution < -0.4 is 5.32 Å². The average Bonchev–Trinajstić information content (AvgIpc) is 3.26. The summed E-state index contributed by atoms with van der Waals surface area (Å²) in [5.41, 5.74) is 2.83. The highest BCUT2D eigenvalue weighted by atomic mass is 16.2. The smallest absolute Gasteiger partial charge is 0.274 e. The number of hydrogen-bond acceptors (Lipinski definition) is 5. The van der Waals surface area contributed by atoms with Crippen molar-refractivity contribution in [2.45, 2.75) is 19.8 Å². The maximum atomic E-state index is 13.1. The van der Waals surface area contributed by atoms with Gasteiger partial charge in [-0.3, -0.25) is 19.6 Å². The summed E-state index contributed by atoms with van der Waals surface area (Å²) in [5.74, 6) is -0.202. The minimum atomic E-state index is -0.663. The molecule has 1 N–H and O–H groups in total. The molecule has 0 unspecified atom stereocenters. The quantitative estimate of drug-likeness (QED) is 0.669. The summed E-state index contributed by atoms with van der Waals surface area (Å²) in [6.45, 7) is 3.34. The summed E-state index contributed by atoms with van der Waals surface area (Å²) >= 11 is 0. The molecule has 4 rings (SSSR count). The van der Waals surface area contributed by atoms with Gasteiger partial charge < -0.3 is 10.2 Å². The third kappa shape index (κ3) is 4.45.